The van der Waals surface area contributed by atoms with Gasteiger partial charge in [-0.1, -0.05) is 123 Å². The predicted octanol–water partition coefficient (Wildman–Crippen LogP) is 9.42. The van der Waals surface area contributed by atoms with Crippen molar-refractivity contribution in [2.45, 2.75) is 29.1 Å². The molecule has 1 aliphatic heterocycles. The van der Waals surface area contributed by atoms with E-state index in [1.54, 1.807) is 0 Å². The highest BCUT2D eigenvalue weighted by Gasteiger charge is 2.35. The third-order valence-corrected chi connectivity index (χ3v) is 8.65. The number of para-hydroxylation sites is 1. The molecular weight excluding hydrogens is 480 g/mol. The average Bonchev–Trinajstić information content (AvgIpc) is 2.97. The first-order chi connectivity index (χ1) is 18.6. The van der Waals surface area contributed by atoms with Crippen LogP contribution in [0.3, 0.4) is 0 Å². The predicted molar refractivity (Wildman–Crippen MR) is 159 cm³/mol. The smallest absolute Gasteiger partial charge is 0.160 e. The van der Waals surface area contributed by atoms with Gasteiger partial charge in [-0.05, 0) is 46.5 Å². The molecule has 0 bridgehead atoms. The first-order valence-corrected chi connectivity index (χ1v) is 13.7. The second kappa shape index (κ2) is 8.97. The lowest BCUT2D eigenvalue weighted by molar-refractivity contribution is 0.609. The number of benzene rings is 5. The van der Waals surface area contributed by atoms with Crippen LogP contribution in [-0.4, -0.2) is 9.97 Å². The maximum absolute atomic E-state index is 5.11. The molecule has 1 aromatic heterocycles. The highest BCUT2D eigenvalue weighted by molar-refractivity contribution is 7.99. The van der Waals surface area contributed by atoms with E-state index >= 15 is 0 Å². The maximum Gasteiger partial charge on any atom is 0.160 e. The zero-order chi connectivity index (χ0) is 25.7. The van der Waals surface area contributed by atoms with Crippen LogP contribution in [0.4, 0.5) is 0 Å². The Kier molecular flexibility index (Phi) is 5.41. The van der Waals surface area contributed by atoms with E-state index in [1.807, 2.05) is 36.0 Å². The SMILES string of the molecule is CC1(C)c2ccccc2Sc2cccc(-c3cccc(-c4nc(-c5ccccc5)nc5ccccc45)c3)c21. The standard InChI is InChI=1S/C35H26N2S/c1-35(2)28-18-7-9-20-30(28)38-31-21-11-17-26(32(31)35)24-14-10-15-25(22-24)33-27-16-6-8-19-29(27)36-34(37-33)23-12-4-3-5-13-23/h3-22H,1-2H3. The lowest BCUT2D eigenvalue weighted by Crippen LogP contribution is -2.24. The van der Waals surface area contributed by atoms with Crippen LogP contribution < -0.4 is 0 Å². The minimum absolute atomic E-state index is 0.105. The van der Waals surface area contributed by atoms with E-state index in [-0.39, 0.29) is 5.41 Å². The van der Waals surface area contributed by atoms with Crippen molar-refractivity contribution < 1.29 is 0 Å². The Balaban J connectivity index is 1.41. The number of hydrogen-bond acceptors (Lipinski definition) is 3. The Bertz CT molecular complexity index is 1820. The van der Waals surface area contributed by atoms with E-state index in [0.29, 0.717) is 0 Å². The van der Waals surface area contributed by atoms with E-state index in [0.717, 1.165) is 33.5 Å². The van der Waals surface area contributed by atoms with Gasteiger partial charge in [0.15, 0.2) is 5.82 Å². The zero-order valence-corrected chi connectivity index (χ0v) is 22.2. The molecule has 0 amide bonds. The molecule has 0 N–H and O–H groups in total. The molecule has 5 aromatic carbocycles. The van der Waals surface area contributed by atoms with Gasteiger partial charge in [-0.25, -0.2) is 9.97 Å². The van der Waals surface area contributed by atoms with Crippen LogP contribution in [0.2, 0.25) is 0 Å². The second-order valence-electron chi connectivity index (χ2n) is 10.3. The van der Waals surface area contributed by atoms with E-state index in [1.165, 1.54) is 32.0 Å². The monoisotopic (exact) mass is 506 g/mol. The number of fused-ring (bicyclic) bond motifs is 3. The van der Waals surface area contributed by atoms with E-state index in [2.05, 4.69) is 111 Å². The fourth-order valence-electron chi connectivity index (χ4n) is 5.67. The van der Waals surface area contributed by atoms with Gasteiger partial charge in [0.2, 0.25) is 0 Å². The highest BCUT2D eigenvalue weighted by atomic mass is 32.2. The number of aromatic nitrogens is 2. The van der Waals surface area contributed by atoms with Crippen LogP contribution in [0, 0.1) is 0 Å². The molecule has 0 spiro atoms. The second-order valence-corrected chi connectivity index (χ2v) is 11.3. The molecule has 3 heteroatoms. The summed E-state index contributed by atoms with van der Waals surface area (Å²) in [5.74, 6) is 0.746. The van der Waals surface area contributed by atoms with Gasteiger partial charge in [-0.2, -0.15) is 0 Å². The number of rotatable bonds is 3. The number of nitrogens with zero attached hydrogens (tertiary/aromatic N) is 2. The van der Waals surface area contributed by atoms with Crippen LogP contribution in [0.25, 0.3) is 44.7 Å². The molecule has 0 fully saturated rings. The van der Waals surface area contributed by atoms with Crippen LogP contribution in [0.15, 0.2) is 131 Å². The molecule has 7 rings (SSSR count). The van der Waals surface area contributed by atoms with Crippen LogP contribution in [0.5, 0.6) is 0 Å². The zero-order valence-electron chi connectivity index (χ0n) is 21.3. The van der Waals surface area contributed by atoms with Crippen molar-refractivity contribution >= 4 is 22.7 Å². The van der Waals surface area contributed by atoms with Gasteiger partial charge in [-0.15, -0.1) is 0 Å². The first kappa shape index (κ1) is 22.9. The Labute approximate surface area is 227 Å². The summed E-state index contributed by atoms with van der Waals surface area (Å²) in [6.45, 7) is 4.70. The molecule has 0 aliphatic carbocycles. The molecule has 182 valence electrons. The van der Waals surface area contributed by atoms with Crippen molar-refractivity contribution in [1.82, 2.24) is 9.97 Å². The van der Waals surface area contributed by atoms with Crippen molar-refractivity contribution in [2.75, 3.05) is 0 Å². The molecule has 0 radical (unpaired) electrons. The molecule has 38 heavy (non-hydrogen) atoms. The molecule has 1 aliphatic rings. The first-order valence-electron chi connectivity index (χ1n) is 12.9. The molecule has 6 aromatic rings. The molecule has 0 saturated carbocycles. The van der Waals surface area contributed by atoms with Crippen LogP contribution in [0.1, 0.15) is 25.0 Å². The summed E-state index contributed by atoms with van der Waals surface area (Å²) in [5, 5.41) is 1.06. The lowest BCUT2D eigenvalue weighted by Gasteiger charge is -2.36. The van der Waals surface area contributed by atoms with Crippen molar-refractivity contribution in [3.05, 3.63) is 132 Å². The fourth-order valence-corrected chi connectivity index (χ4v) is 7.10. The third kappa shape index (κ3) is 3.74. The maximum atomic E-state index is 5.11. The Hall–Kier alpha value is -4.21. The van der Waals surface area contributed by atoms with Gasteiger partial charge < -0.3 is 0 Å². The molecule has 2 heterocycles. The fraction of sp³-hybridized carbons (Fsp3) is 0.0857. The van der Waals surface area contributed by atoms with Gasteiger partial charge in [0, 0.05) is 31.7 Å². The Morgan fingerprint density at radius 1 is 0.579 bits per heavy atom. The molecular formula is C35H26N2S. The largest absolute Gasteiger partial charge is 0.228 e. The van der Waals surface area contributed by atoms with Crippen molar-refractivity contribution in [1.29, 1.82) is 0 Å². The van der Waals surface area contributed by atoms with E-state index in [4.69, 9.17) is 9.97 Å². The van der Waals surface area contributed by atoms with E-state index < -0.39 is 0 Å². The van der Waals surface area contributed by atoms with E-state index in [9.17, 15) is 0 Å². The summed E-state index contributed by atoms with van der Waals surface area (Å²) < 4.78 is 0. The Morgan fingerprint density at radius 2 is 1.26 bits per heavy atom. The summed E-state index contributed by atoms with van der Waals surface area (Å²) in [5.41, 5.74) is 9.17. The molecule has 0 saturated heterocycles. The molecule has 0 unspecified atom stereocenters. The summed E-state index contributed by atoms with van der Waals surface area (Å²) in [6, 6.07) is 42.9. The normalized spacial score (nSPS) is 13.6. The minimum Gasteiger partial charge on any atom is -0.228 e. The van der Waals surface area contributed by atoms with Gasteiger partial charge in [0.25, 0.3) is 0 Å². The summed E-state index contributed by atoms with van der Waals surface area (Å²) in [6.07, 6.45) is 0. The van der Waals surface area contributed by atoms with Gasteiger partial charge in [0.1, 0.15) is 0 Å². The van der Waals surface area contributed by atoms with Crippen LogP contribution >= 0.6 is 11.8 Å². The summed E-state index contributed by atoms with van der Waals surface area (Å²) >= 11 is 1.88. The minimum atomic E-state index is -0.105. The van der Waals surface area contributed by atoms with Crippen LogP contribution in [-0.2, 0) is 5.41 Å². The average molecular weight is 507 g/mol. The quantitative estimate of drug-likeness (QED) is 0.239. The number of hydrogen-bond donors (Lipinski definition) is 0. The van der Waals surface area contributed by atoms with Gasteiger partial charge in [0.05, 0.1) is 11.2 Å². The lowest BCUT2D eigenvalue weighted by atomic mass is 9.74. The van der Waals surface area contributed by atoms with Crippen molar-refractivity contribution in [2.24, 2.45) is 0 Å². The van der Waals surface area contributed by atoms with Gasteiger partial charge >= 0.3 is 0 Å². The van der Waals surface area contributed by atoms with Crippen molar-refractivity contribution in [3.8, 4) is 33.8 Å². The van der Waals surface area contributed by atoms with Crippen molar-refractivity contribution in [3.63, 3.8) is 0 Å². The highest BCUT2D eigenvalue weighted by Crippen LogP contribution is 2.52. The topological polar surface area (TPSA) is 25.8 Å². The molecule has 0 atom stereocenters. The Morgan fingerprint density at radius 3 is 2.16 bits per heavy atom. The molecule has 2 nitrogen and oxygen atoms in total. The third-order valence-electron chi connectivity index (χ3n) is 7.51. The summed E-state index contributed by atoms with van der Waals surface area (Å²) in [4.78, 5) is 12.7. The summed E-state index contributed by atoms with van der Waals surface area (Å²) in [7, 11) is 0. The van der Waals surface area contributed by atoms with Gasteiger partial charge in [-0.3, -0.25) is 0 Å².